The Morgan fingerprint density at radius 1 is 1.17 bits per heavy atom. The Kier molecular flexibility index (Phi) is 4.41. The quantitative estimate of drug-likeness (QED) is 0.587. The molecule has 0 radical (unpaired) electrons. The van der Waals surface area contributed by atoms with Gasteiger partial charge in [0.1, 0.15) is 24.2 Å². The van der Waals surface area contributed by atoms with Gasteiger partial charge in [0.05, 0.1) is 0 Å². The molecule has 0 amide bonds. The van der Waals surface area contributed by atoms with Gasteiger partial charge in [-0.15, -0.1) is 0 Å². The third-order valence-electron chi connectivity index (χ3n) is 4.93. The SMILES string of the molecule is NC1=NC2(CCc3c(-c4cncnc4)ccc(OS(=O)(=O)C(F)(F)F)c3C2)CO1. The number of benzene rings is 1. The van der Waals surface area contributed by atoms with Gasteiger partial charge in [0.15, 0.2) is 0 Å². The van der Waals surface area contributed by atoms with Gasteiger partial charge >= 0.3 is 15.6 Å². The van der Waals surface area contributed by atoms with E-state index in [1.807, 2.05) is 0 Å². The van der Waals surface area contributed by atoms with Crippen LogP contribution in [0.3, 0.4) is 0 Å². The maximum Gasteiger partial charge on any atom is 0.534 e. The number of nitrogens with two attached hydrogens (primary N) is 1. The molecule has 1 unspecified atom stereocenters. The molecule has 4 rings (SSSR count). The van der Waals surface area contributed by atoms with Gasteiger partial charge in [-0.1, -0.05) is 6.07 Å². The van der Waals surface area contributed by atoms with E-state index in [1.165, 1.54) is 18.5 Å². The number of aliphatic imine (C=N–C) groups is 1. The fourth-order valence-electron chi connectivity index (χ4n) is 3.60. The van der Waals surface area contributed by atoms with E-state index in [2.05, 4.69) is 19.1 Å². The van der Waals surface area contributed by atoms with Crippen LogP contribution in [0.2, 0.25) is 0 Å². The van der Waals surface area contributed by atoms with Crippen molar-refractivity contribution in [3.8, 4) is 16.9 Å². The third-order valence-corrected chi connectivity index (χ3v) is 5.89. The summed E-state index contributed by atoms with van der Waals surface area (Å²) < 4.78 is 71.5. The Hall–Kier alpha value is -2.89. The van der Waals surface area contributed by atoms with Gasteiger partial charge in [-0.25, -0.2) is 15.0 Å². The van der Waals surface area contributed by atoms with Crippen LogP contribution in [0, 0.1) is 0 Å². The molecular weight excluding hydrogens is 413 g/mol. The molecule has 1 atom stereocenters. The average molecular weight is 428 g/mol. The van der Waals surface area contributed by atoms with Gasteiger partial charge in [0.2, 0.25) is 0 Å². The summed E-state index contributed by atoms with van der Waals surface area (Å²) in [5, 5.41) is 0. The van der Waals surface area contributed by atoms with Gasteiger partial charge in [0, 0.05) is 29.9 Å². The first kappa shape index (κ1) is 19.4. The van der Waals surface area contributed by atoms with Crippen LogP contribution in [0.1, 0.15) is 17.5 Å². The highest BCUT2D eigenvalue weighted by Crippen LogP contribution is 2.43. The molecule has 1 aromatic carbocycles. The lowest BCUT2D eigenvalue weighted by Gasteiger charge is -2.32. The summed E-state index contributed by atoms with van der Waals surface area (Å²) in [7, 11) is -5.82. The van der Waals surface area contributed by atoms with Crippen LogP contribution in [-0.4, -0.2) is 42.1 Å². The Morgan fingerprint density at radius 2 is 1.90 bits per heavy atom. The number of alkyl halides is 3. The fourth-order valence-corrected chi connectivity index (χ4v) is 4.09. The van der Waals surface area contributed by atoms with E-state index in [1.54, 1.807) is 12.4 Å². The minimum atomic E-state index is -5.82. The first-order chi connectivity index (χ1) is 13.6. The zero-order valence-corrected chi connectivity index (χ0v) is 15.6. The van der Waals surface area contributed by atoms with E-state index < -0.39 is 26.9 Å². The Balaban J connectivity index is 1.84. The topological polar surface area (TPSA) is 117 Å². The van der Waals surface area contributed by atoms with E-state index in [0.29, 0.717) is 35.1 Å². The van der Waals surface area contributed by atoms with Gasteiger partial charge in [-0.05, 0) is 30.0 Å². The highest BCUT2D eigenvalue weighted by molar-refractivity contribution is 7.88. The van der Waals surface area contributed by atoms with Crippen LogP contribution in [0.25, 0.3) is 11.1 Å². The minimum Gasteiger partial charge on any atom is -0.463 e. The van der Waals surface area contributed by atoms with Crippen LogP contribution >= 0.6 is 0 Å². The zero-order valence-electron chi connectivity index (χ0n) is 14.8. The lowest BCUT2D eigenvalue weighted by molar-refractivity contribution is -0.0500. The van der Waals surface area contributed by atoms with Crippen molar-refractivity contribution in [1.29, 1.82) is 0 Å². The van der Waals surface area contributed by atoms with Crippen molar-refractivity contribution in [2.24, 2.45) is 10.7 Å². The van der Waals surface area contributed by atoms with E-state index >= 15 is 0 Å². The highest BCUT2D eigenvalue weighted by atomic mass is 32.2. The lowest BCUT2D eigenvalue weighted by Crippen LogP contribution is -2.36. The smallest absolute Gasteiger partial charge is 0.463 e. The molecule has 154 valence electrons. The number of halogens is 3. The molecule has 2 aromatic rings. The largest absolute Gasteiger partial charge is 0.534 e. The van der Waals surface area contributed by atoms with Crippen LogP contribution in [0.5, 0.6) is 5.75 Å². The molecule has 0 saturated carbocycles. The second-order valence-corrected chi connectivity index (χ2v) is 8.36. The molecule has 8 nitrogen and oxygen atoms in total. The maximum atomic E-state index is 12.9. The molecule has 1 aromatic heterocycles. The van der Waals surface area contributed by atoms with E-state index in [4.69, 9.17) is 10.5 Å². The summed E-state index contributed by atoms with van der Waals surface area (Å²) in [6.07, 6.45) is 5.53. The van der Waals surface area contributed by atoms with Crippen molar-refractivity contribution in [3.63, 3.8) is 0 Å². The molecule has 0 bridgehead atoms. The van der Waals surface area contributed by atoms with Crippen molar-refractivity contribution in [3.05, 3.63) is 42.0 Å². The summed E-state index contributed by atoms with van der Waals surface area (Å²) in [4.78, 5) is 12.2. The number of ether oxygens (including phenoxy) is 1. The second-order valence-electron chi connectivity index (χ2n) is 6.82. The zero-order chi connectivity index (χ0) is 20.9. The molecule has 1 aliphatic carbocycles. The summed E-state index contributed by atoms with van der Waals surface area (Å²) in [6, 6.07) is 2.69. The number of hydrogen-bond donors (Lipinski definition) is 1. The van der Waals surface area contributed by atoms with Crippen LogP contribution in [0.15, 0.2) is 35.8 Å². The summed E-state index contributed by atoms with van der Waals surface area (Å²) in [6.45, 7) is 0.155. The lowest BCUT2D eigenvalue weighted by atomic mass is 9.76. The number of amidine groups is 1. The number of aromatic nitrogens is 2. The molecule has 0 saturated heterocycles. The molecule has 1 spiro atoms. The molecular formula is C17H15F3N4O4S. The predicted molar refractivity (Wildman–Crippen MR) is 95.4 cm³/mol. The molecule has 12 heteroatoms. The fraction of sp³-hybridized carbons (Fsp3) is 0.353. The number of rotatable bonds is 3. The van der Waals surface area contributed by atoms with Crippen molar-refractivity contribution in [2.75, 3.05) is 6.61 Å². The molecule has 2 N–H and O–H groups in total. The highest BCUT2D eigenvalue weighted by Gasteiger charge is 2.49. The van der Waals surface area contributed by atoms with Crippen molar-refractivity contribution in [1.82, 2.24) is 9.97 Å². The van der Waals surface area contributed by atoms with Crippen LogP contribution < -0.4 is 9.92 Å². The number of fused-ring (bicyclic) bond motifs is 1. The first-order valence-corrected chi connectivity index (χ1v) is 9.90. The van der Waals surface area contributed by atoms with Gasteiger partial charge in [-0.2, -0.15) is 21.6 Å². The van der Waals surface area contributed by atoms with Gasteiger partial charge in [0.25, 0.3) is 6.02 Å². The molecule has 29 heavy (non-hydrogen) atoms. The summed E-state index contributed by atoms with van der Waals surface area (Å²) in [5.41, 5.74) is 1.59. The van der Waals surface area contributed by atoms with Crippen molar-refractivity contribution >= 4 is 16.1 Å². The molecule has 2 aliphatic rings. The molecule has 2 heterocycles. The van der Waals surface area contributed by atoms with E-state index in [0.717, 1.165) is 0 Å². The normalized spacial score (nSPS) is 21.4. The maximum absolute atomic E-state index is 12.9. The van der Waals surface area contributed by atoms with Crippen LogP contribution in [-0.2, 0) is 27.7 Å². The number of hydrogen-bond acceptors (Lipinski definition) is 8. The Morgan fingerprint density at radius 3 is 2.52 bits per heavy atom. The van der Waals surface area contributed by atoms with Gasteiger partial charge in [-0.3, -0.25) is 0 Å². The van der Waals surface area contributed by atoms with E-state index in [-0.39, 0.29) is 19.0 Å². The van der Waals surface area contributed by atoms with Crippen LogP contribution in [0.4, 0.5) is 13.2 Å². The summed E-state index contributed by atoms with van der Waals surface area (Å²) in [5.74, 6) is -0.391. The second kappa shape index (κ2) is 6.58. The number of nitrogens with zero attached hydrogens (tertiary/aromatic N) is 3. The van der Waals surface area contributed by atoms with Gasteiger partial charge < -0.3 is 14.7 Å². The molecule has 1 aliphatic heterocycles. The Bertz CT molecular complexity index is 1090. The van der Waals surface area contributed by atoms with Crippen molar-refractivity contribution in [2.45, 2.75) is 30.3 Å². The van der Waals surface area contributed by atoms with E-state index in [9.17, 15) is 21.6 Å². The standard InChI is InChI=1S/C17H15F3N4O4S/c18-17(19,20)29(25,26)28-14-2-1-11(10-6-22-9-23-7-10)12-3-4-16(5-13(12)14)8-27-15(21)24-16/h1-2,6-7,9H,3-5,8H2,(H2,21,24). The third kappa shape index (κ3) is 3.48. The Labute approximate surface area is 163 Å². The summed E-state index contributed by atoms with van der Waals surface area (Å²) >= 11 is 0. The molecule has 0 fully saturated rings. The monoisotopic (exact) mass is 428 g/mol. The first-order valence-electron chi connectivity index (χ1n) is 8.49. The average Bonchev–Trinajstić information content (AvgIpc) is 3.02. The van der Waals surface area contributed by atoms with Crippen molar-refractivity contribution < 1.29 is 30.5 Å². The minimum absolute atomic E-state index is 0.00792. The predicted octanol–water partition coefficient (Wildman–Crippen LogP) is 1.94.